The van der Waals surface area contributed by atoms with Gasteiger partial charge in [0, 0.05) is 0 Å². The van der Waals surface area contributed by atoms with E-state index < -0.39 is 0 Å². The molecule has 0 atom stereocenters. The van der Waals surface area contributed by atoms with Gasteiger partial charge in [0.2, 0.25) is 0 Å². The van der Waals surface area contributed by atoms with Gasteiger partial charge in [-0.1, -0.05) is 57.6 Å². The molecule has 0 amide bonds. The van der Waals surface area contributed by atoms with Crippen LogP contribution in [0.2, 0.25) is 0 Å². The zero-order valence-electron chi connectivity index (χ0n) is 15.6. The number of benzene rings is 1. The molecule has 0 aliphatic rings. The number of esters is 1. The van der Waals surface area contributed by atoms with Crippen LogP contribution in [-0.2, 0) is 17.6 Å². The van der Waals surface area contributed by atoms with Crippen molar-refractivity contribution in [1.29, 1.82) is 0 Å². The van der Waals surface area contributed by atoms with E-state index in [1.165, 1.54) is 75.2 Å². The van der Waals surface area contributed by atoms with Crippen LogP contribution in [0.5, 0.6) is 0 Å². The molecule has 0 aliphatic heterocycles. The average molecular weight is 359 g/mol. The smallest absolute Gasteiger partial charge is 0.337 e. The molecule has 2 aromatic rings. The highest BCUT2D eigenvalue weighted by atomic mass is 32.1. The Morgan fingerprint density at radius 2 is 1.56 bits per heavy atom. The van der Waals surface area contributed by atoms with Crippen LogP contribution in [0.15, 0.2) is 35.0 Å². The maximum atomic E-state index is 11.5. The number of thiophene rings is 1. The lowest BCUT2D eigenvalue weighted by Gasteiger charge is -2.06. The van der Waals surface area contributed by atoms with Crippen LogP contribution in [-0.4, -0.2) is 13.1 Å². The zero-order chi connectivity index (χ0) is 17.9. The van der Waals surface area contributed by atoms with Gasteiger partial charge in [-0.25, -0.2) is 4.79 Å². The number of carbonyl (C=O) groups is 1. The fourth-order valence-electron chi connectivity index (χ4n) is 3.09. The molecule has 0 saturated heterocycles. The van der Waals surface area contributed by atoms with Gasteiger partial charge in [0.1, 0.15) is 0 Å². The molecule has 0 aliphatic carbocycles. The van der Waals surface area contributed by atoms with E-state index in [2.05, 4.69) is 17.7 Å². The Balaban J connectivity index is 1.80. The van der Waals surface area contributed by atoms with E-state index in [1.54, 1.807) is 11.3 Å². The van der Waals surface area contributed by atoms with Gasteiger partial charge in [-0.05, 0) is 58.8 Å². The number of carbonyl (C=O) groups excluding carboxylic acids is 1. The maximum absolute atomic E-state index is 11.5. The topological polar surface area (TPSA) is 26.3 Å². The van der Waals surface area contributed by atoms with Crippen LogP contribution in [0.1, 0.15) is 78.9 Å². The van der Waals surface area contributed by atoms with E-state index >= 15 is 0 Å². The molecule has 0 spiro atoms. The van der Waals surface area contributed by atoms with Crippen molar-refractivity contribution in [1.82, 2.24) is 0 Å². The summed E-state index contributed by atoms with van der Waals surface area (Å²) in [5.41, 5.74) is 4.78. The second-order valence-corrected chi connectivity index (χ2v) is 7.40. The standard InChI is InChI=1S/C22H30O2S/c1-3-4-5-6-7-8-9-10-20-16-25-17-21(20)15-18-11-13-19(14-12-18)22(23)24-2/h11-14,16-17H,3-10,15H2,1-2H3. The molecule has 25 heavy (non-hydrogen) atoms. The quantitative estimate of drug-likeness (QED) is 0.342. The summed E-state index contributed by atoms with van der Waals surface area (Å²) in [4.78, 5) is 11.5. The summed E-state index contributed by atoms with van der Waals surface area (Å²) in [6.45, 7) is 2.26. The number of methoxy groups -OCH3 is 1. The summed E-state index contributed by atoms with van der Waals surface area (Å²) in [5, 5.41) is 4.57. The number of hydrogen-bond donors (Lipinski definition) is 0. The van der Waals surface area contributed by atoms with Crippen molar-refractivity contribution in [2.75, 3.05) is 7.11 Å². The normalized spacial score (nSPS) is 10.8. The second-order valence-electron chi connectivity index (χ2n) is 6.66. The summed E-state index contributed by atoms with van der Waals surface area (Å²) in [6.07, 6.45) is 11.6. The molecule has 3 heteroatoms. The molecule has 1 heterocycles. The lowest BCUT2D eigenvalue weighted by atomic mass is 9.99. The predicted molar refractivity (Wildman–Crippen MR) is 107 cm³/mol. The third kappa shape index (κ3) is 6.66. The Labute approximate surface area is 156 Å². The molecular formula is C22H30O2S. The van der Waals surface area contributed by atoms with Crippen molar-refractivity contribution < 1.29 is 9.53 Å². The highest BCUT2D eigenvalue weighted by Gasteiger charge is 2.07. The number of aryl methyl sites for hydroxylation is 1. The average Bonchev–Trinajstić information content (AvgIpc) is 3.08. The fourth-order valence-corrected chi connectivity index (χ4v) is 3.99. The summed E-state index contributed by atoms with van der Waals surface area (Å²) < 4.78 is 4.75. The van der Waals surface area contributed by atoms with Gasteiger partial charge >= 0.3 is 5.97 Å². The largest absolute Gasteiger partial charge is 0.465 e. The molecule has 0 bridgehead atoms. The second kappa shape index (κ2) is 11.1. The SMILES string of the molecule is CCCCCCCCCc1cscc1Cc1ccc(C(=O)OC)cc1. The van der Waals surface area contributed by atoms with Crippen molar-refractivity contribution >= 4 is 17.3 Å². The minimum absolute atomic E-state index is 0.276. The molecule has 1 aromatic carbocycles. The first-order chi connectivity index (χ1) is 12.2. The fraction of sp³-hybridized carbons (Fsp3) is 0.500. The highest BCUT2D eigenvalue weighted by Crippen LogP contribution is 2.22. The van der Waals surface area contributed by atoms with Crippen LogP contribution in [0.4, 0.5) is 0 Å². The van der Waals surface area contributed by atoms with Crippen molar-refractivity contribution in [2.24, 2.45) is 0 Å². The lowest BCUT2D eigenvalue weighted by molar-refractivity contribution is 0.0600. The predicted octanol–water partition coefficient (Wildman–Crippen LogP) is 6.42. The van der Waals surface area contributed by atoms with Crippen molar-refractivity contribution in [3.63, 3.8) is 0 Å². The third-order valence-corrected chi connectivity index (χ3v) is 5.49. The van der Waals surface area contributed by atoms with E-state index in [1.807, 2.05) is 24.3 Å². The Morgan fingerprint density at radius 1 is 0.920 bits per heavy atom. The third-order valence-electron chi connectivity index (χ3n) is 4.65. The first-order valence-corrected chi connectivity index (χ1v) is 10.4. The number of ether oxygens (including phenoxy) is 1. The van der Waals surface area contributed by atoms with Gasteiger partial charge < -0.3 is 4.74 Å². The van der Waals surface area contributed by atoms with Gasteiger partial charge in [0.25, 0.3) is 0 Å². The Kier molecular flexibility index (Phi) is 8.75. The minimum Gasteiger partial charge on any atom is -0.465 e. The van der Waals surface area contributed by atoms with E-state index in [9.17, 15) is 4.79 Å². The lowest BCUT2D eigenvalue weighted by Crippen LogP contribution is -2.01. The van der Waals surface area contributed by atoms with Crippen molar-refractivity contribution in [3.8, 4) is 0 Å². The summed E-state index contributed by atoms with van der Waals surface area (Å²) in [5.74, 6) is -0.276. The Morgan fingerprint density at radius 3 is 2.24 bits per heavy atom. The van der Waals surface area contributed by atoms with E-state index in [-0.39, 0.29) is 5.97 Å². The molecule has 1 aromatic heterocycles. The van der Waals surface area contributed by atoms with E-state index in [4.69, 9.17) is 4.74 Å². The number of hydrogen-bond acceptors (Lipinski definition) is 3. The summed E-state index contributed by atoms with van der Waals surface area (Å²) in [7, 11) is 1.41. The highest BCUT2D eigenvalue weighted by molar-refractivity contribution is 7.08. The molecule has 2 rings (SSSR count). The van der Waals surface area contributed by atoms with Gasteiger partial charge in [0.15, 0.2) is 0 Å². The van der Waals surface area contributed by atoms with Gasteiger partial charge in [-0.2, -0.15) is 11.3 Å². The summed E-state index contributed by atoms with van der Waals surface area (Å²) >= 11 is 1.80. The van der Waals surface area contributed by atoms with Gasteiger partial charge in [-0.3, -0.25) is 0 Å². The van der Waals surface area contributed by atoms with E-state index in [0.717, 1.165) is 6.42 Å². The number of rotatable bonds is 11. The first-order valence-electron chi connectivity index (χ1n) is 9.45. The maximum Gasteiger partial charge on any atom is 0.337 e. The molecule has 2 nitrogen and oxygen atoms in total. The Hall–Kier alpha value is -1.61. The van der Waals surface area contributed by atoms with Gasteiger partial charge in [-0.15, -0.1) is 0 Å². The first kappa shape index (κ1) is 19.7. The van der Waals surface area contributed by atoms with Crippen molar-refractivity contribution in [3.05, 3.63) is 57.3 Å². The van der Waals surface area contributed by atoms with Crippen LogP contribution in [0, 0.1) is 0 Å². The monoisotopic (exact) mass is 358 g/mol. The van der Waals surface area contributed by atoms with Crippen LogP contribution < -0.4 is 0 Å². The minimum atomic E-state index is -0.276. The molecule has 0 N–H and O–H groups in total. The van der Waals surface area contributed by atoms with E-state index in [0.29, 0.717) is 5.56 Å². The van der Waals surface area contributed by atoms with Crippen LogP contribution in [0.25, 0.3) is 0 Å². The Bertz CT molecular complexity index is 628. The van der Waals surface area contributed by atoms with Gasteiger partial charge in [0.05, 0.1) is 12.7 Å². The molecule has 0 saturated carbocycles. The summed E-state index contributed by atoms with van der Waals surface area (Å²) in [6, 6.07) is 7.76. The van der Waals surface area contributed by atoms with Crippen LogP contribution >= 0.6 is 11.3 Å². The van der Waals surface area contributed by atoms with Crippen molar-refractivity contribution in [2.45, 2.75) is 64.7 Å². The molecule has 136 valence electrons. The molecule has 0 fully saturated rings. The number of unbranched alkanes of at least 4 members (excludes halogenated alkanes) is 6. The molecule has 0 unspecified atom stereocenters. The molecular weight excluding hydrogens is 328 g/mol. The van der Waals surface area contributed by atoms with Crippen LogP contribution in [0.3, 0.4) is 0 Å². The zero-order valence-corrected chi connectivity index (χ0v) is 16.4. The molecule has 0 radical (unpaired) electrons.